The van der Waals surface area contributed by atoms with Crippen LogP contribution < -0.4 is 0 Å². The second-order valence-electron chi connectivity index (χ2n) is 5.89. The van der Waals surface area contributed by atoms with Gasteiger partial charge in [0, 0.05) is 21.8 Å². The van der Waals surface area contributed by atoms with Gasteiger partial charge in [0.2, 0.25) is 0 Å². The van der Waals surface area contributed by atoms with Crippen LogP contribution in [0.2, 0.25) is 0 Å². The molecule has 4 rings (SSSR count). The van der Waals surface area contributed by atoms with Gasteiger partial charge in [-0.3, -0.25) is 4.79 Å². The molecule has 0 N–H and O–H groups in total. The second kappa shape index (κ2) is 7.86. The number of ketones is 1. The zero-order valence-electron chi connectivity index (χ0n) is 14.2. The van der Waals surface area contributed by atoms with Crippen LogP contribution in [0, 0.1) is 0 Å². The molecule has 0 saturated carbocycles. The molecule has 0 aliphatic rings. The summed E-state index contributed by atoms with van der Waals surface area (Å²) in [6, 6.07) is 21.3. The molecular weight excluding hydrogens is 420 g/mol. The molecule has 2 aromatic heterocycles. The lowest BCUT2D eigenvalue weighted by molar-refractivity contribution is 0.104. The lowest BCUT2D eigenvalue weighted by Crippen LogP contribution is -1.93. The molecule has 4 aromatic rings. The van der Waals surface area contributed by atoms with Crippen LogP contribution in [0.4, 0.5) is 0 Å². The fourth-order valence-electron chi connectivity index (χ4n) is 2.70. The number of hydrogen-bond donors (Lipinski definition) is 0. The molecule has 0 unspecified atom stereocenters. The van der Waals surface area contributed by atoms with Gasteiger partial charge in [0.25, 0.3) is 0 Å². The number of rotatable bonds is 5. The molecule has 0 atom stereocenters. The Hall–Kier alpha value is -2.76. The summed E-state index contributed by atoms with van der Waals surface area (Å²) in [6.45, 7) is 0. The molecule has 27 heavy (non-hydrogen) atoms. The van der Waals surface area contributed by atoms with E-state index in [9.17, 15) is 4.79 Å². The monoisotopic (exact) mass is 434 g/mol. The van der Waals surface area contributed by atoms with Gasteiger partial charge >= 0.3 is 0 Å². The summed E-state index contributed by atoms with van der Waals surface area (Å²) in [7, 11) is 0. The van der Waals surface area contributed by atoms with Crippen LogP contribution in [0.25, 0.3) is 22.3 Å². The molecule has 0 radical (unpaired) electrons. The predicted octanol–water partition coefficient (Wildman–Crippen LogP) is 6.26. The molecule has 3 nitrogen and oxygen atoms in total. The predicted molar refractivity (Wildman–Crippen MR) is 114 cm³/mol. The highest BCUT2D eigenvalue weighted by Gasteiger charge is 2.12. The molecule has 0 bridgehead atoms. The van der Waals surface area contributed by atoms with Crippen molar-refractivity contribution in [3.63, 3.8) is 0 Å². The third-order valence-corrected chi connectivity index (χ3v) is 5.47. The molecule has 0 saturated heterocycles. The van der Waals surface area contributed by atoms with Crippen molar-refractivity contribution >= 4 is 39.1 Å². The van der Waals surface area contributed by atoms with Crippen molar-refractivity contribution in [3.8, 4) is 16.3 Å². The number of benzene rings is 2. The van der Waals surface area contributed by atoms with Crippen molar-refractivity contribution in [1.29, 1.82) is 0 Å². The average molecular weight is 435 g/mol. The first-order valence-electron chi connectivity index (χ1n) is 8.38. The minimum Gasteiger partial charge on any atom is -0.289 e. The van der Waals surface area contributed by atoms with Gasteiger partial charge in [-0.25, -0.2) is 4.68 Å². The van der Waals surface area contributed by atoms with Gasteiger partial charge in [-0.1, -0.05) is 40.2 Å². The van der Waals surface area contributed by atoms with Crippen LogP contribution in [0.5, 0.6) is 0 Å². The van der Waals surface area contributed by atoms with E-state index in [0.29, 0.717) is 5.56 Å². The van der Waals surface area contributed by atoms with E-state index in [-0.39, 0.29) is 5.78 Å². The van der Waals surface area contributed by atoms with E-state index in [1.54, 1.807) is 17.4 Å². The Kier molecular flexibility index (Phi) is 5.14. The van der Waals surface area contributed by atoms with E-state index < -0.39 is 0 Å². The van der Waals surface area contributed by atoms with Gasteiger partial charge in [0.15, 0.2) is 5.78 Å². The summed E-state index contributed by atoms with van der Waals surface area (Å²) in [6.07, 6.45) is 5.40. The number of halogens is 1. The Balaban J connectivity index is 1.69. The summed E-state index contributed by atoms with van der Waals surface area (Å²) in [5, 5.41) is 6.77. The van der Waals surface area contributed by atoms with E-state index in [1.807, 2.05) is 89.1 Å². The van der Waals surface area contributed by atoms with Gasteiger partial charge < -0.3 is 0 Å². The first kappa shape index (κ1) is 17.6. The molecule has 0 amide bonds. The summed E-state index contributed by atoms with van der Waals surface area (Å²) in [4.78, 5) is 13.5. The van der Waals surface area contributed by atoms with Crippen molar-refractivity contribution in [3.05, 3.63) is 100.0 Å². The molecule has 5 heteroatoms. The van der Waals surface area contributed by atoms with Gasteiger partial charge in [-0.15, -0.1) is 11.3 Å². The van der Waals surface area contributed by atoms with Crippen LogP contribution in [0.3, 0.4) is 0 Å². The largest absolute Gasteiger partial charge is 0.289 e. The number of carbonyl (C=O) groups is 1. The maximum Gasteiger partial charge on any atom is 0.185 e. The van der Waals surface area contributed by atoms with Crippen LogP contribution in [0.15, 0.2) is 88.9 Å². The fraction of sp³-hybridized carbons (Fsp3) is 0. The van der Waals surface area contributed by atoms with E-state index in [1.165, 1.54) is 0 Å². The Morgan fingerprint density at radius 1 is 1.00 bits per heavy atom. The molecule has 0 aliphatic heterocycles. The molecule has 0 fully saturated rings. The lowest BCUT2D eigenvalue weighted by Gasteiger charge is -1.99. The van der Waals surface area contributed by atoms with Gasteiger partial charge in [0.05, 0.1) is 10.6 Å². The smallest absolute Gasteiger partial charge is 0.185 e. The van der Waals surface area contributed by atoms with Gasteiger partial charge in [0.1, 0.15) is 5.69 Å². The highest BCUT2D eigenvalue weighted by molar-refractivity contribution is 9.10. The number of allylic oxidation sites excluding steroid dienone is 1. The number of thiophene rings is 1. The van der Waals surface area contributed by atoms with E-state index >= 15 is 0 Å². The minimum atomic E-state index is -0.0351. The van der Waals surface area contributed by atoms with Crippen molar-refractivity contribution in [2.24, 2.45) is 0 Å². The number of nitrogens with zero attached hydrogens (tertiary/aromatic N) is 2. The molecule has 2 heterocycles. The molecular formula is C22H15BrN2OS. The zero-order chi connectivity index (χ0) is 18.6. The maximum absolute atomic E-state index is 12.5. The molecule has 132 valence electrons. The Bertz CT molecular complexity index is 1080. The van der Waals surface area contributed by atoms with Crippen LogP contribution in [-0.2, 0) is 0 Å². The third kappa shape index (κ3) is 3.99. The molecule has 0 aliphatic carbocycles. The SMILES string of the molecule is O=C(/C=C/c1cn(-c2ccccc2)nc1-c1cccs1)c1ccc(Br)cc1. The maximum atomic E-state index is 12.5. The van der Waals surface area contributed by atoms with Crippen LogP contribution in [-0.4, -0.2) is 15.6 Å². The Morgan fingerprint density at radius 2 is 1.78 bits per heavy atom. The van der Waals surface area contributed by atoms with Crippen LogP contribution >= 0.6 is 27.3 Å². The first-order chi connectivity index (χ1) is 13.2. The van der Waals surface area contributed by atoms with Crippen LogP contribution in [0.1, 0.15) is 15.9 Å². The second-order valence-corrected chi connectivity index (χ2v) is 7.76. The van der Waals surface area contributed by atoms with Crippen molar-refractivity contribution < 1.29 is 4.79 Å². The summed E-state index contributed by atoms with van der Waals surface area (Å²) in [5.74, 6) is -0.0351. The number of carbonyl (C=O) groups excluding carboxylic acids is 1. The highest BCUT2D eigenvalue weighted by Crippen LogP contribution is 2.28. The summed E-state index contributed by atoms with van der Waals surface area (Å²) in [5.41, 5.74) is 3.41. The first-order valence-corrected chi connectivity index (χ1v) is 10.0. The highest BCUT2D eigenvalue weighted by atomic mass is 79.9. The topological polar surface area (TPSA) is 34.9 Å². The van der Waals surface area contributed by atoms with Gasteiger partial charge in [-0.05, 0) is 60.0 Å². The minimum absolute atomic E-state index is 0.0351. The lowest BCUT2D eigenvalue weighted by atomic mass is 10.1. The average Bonchev–Trinajstić information content (AvgIpc) is 3.37. The fourth-order valence-corrected chi connectivity index (χ4v) is 3.70. The Labute approximate surface area is 169 Å². The molecule has 2 aromatic carbocycles. The summed E-state index contributed by atoms with van der Waals surface area (Å²) >= 11 is 5.02. The van der Waals surface area contributed by atoms with Gasteiger partial charge in [-0.2, -0.15) is 5.10 Å². The number of hydrogen-bond acceptors (Lipinski definition) is 3. The summed E-state index contributed by atoms with van der Waals surface area (Å²) < 4.78 is 2.80. The third-order valence-electron chi connectivity index (χ3n) is 4.06. The number of aromatic nitrogens is 2. The quantitative estimate of drug-likeness (QED) is 0.274. The standard InChI is InChI=1S/C22H15BrN2OS/c23-18-11-8-16(9-12-18)20(26)13-10-17-15-25(19-5-2-1-3-6-19)24-22(17)21-7-4-14-27-21/h1-15H/b13-10+. The van der Waals surface area contributed by atoms with Crippen molar-refractivity contribution in [2.75, 3.05) is 0 Å². The van der Waals surface area contributed by atoms with Crippen molar-refractivity contribution in [1.82, 2.24) is 9.78 Å². The molecule has 0 spiro atoms. The zero-order valence-corrected chi connectivity index (χ0v) is 16.7. The normalized spacial score (nSPS) is 11.1. The Morgan fingerprint density at radius 3 is 2.48 bits per heavy atom. The number of para-hydroxylation sites is 1. The van der Waals surface area contributed by atoms with Crippen molar-refractivity contribution in [2.45, 2.75) is 0 Å². The van der Waals surface area contributed by atoms with E-state index in [0.717, 1.165) is 26.3 Å². The van der Waals surface area contributed by atoms with E-state index in [2.05, 4.69) is 15.9 Å². The van der Waals surface area contributed by atoms with E-state index in [4.69, 9.17) is 5.10 Å².